The summed E-state index contributed by atoms with van der Waals surface area (Å²) in [7, 11) is 0. The zero-order valence-electron chi connectivity index (χ0n) is 11.5. The second kappa shape index (κ2) is 6.33. The van der Waals surface area contributed by atoms with Crippen LogP contribution < -0.4 is 11.1 Å². The fourth-order valence-electron chi connectivity index (χ4n) is 1.94. The molecule has 2 aromatic heterocycles. The van der Waals surface area contributed by atoms with Crippen molar-refractivity contribution in [1.29, 1.82) is 0 Å². The Kier molecular flexibility index (Phi) is 4.73. The van der Waals surface area contributed by atoms with Crippen molar-refractivity contribution in [2.75, 3.05) is 17.6 Å². The number of nitrogen functional groups attached to an aromatic ring is 1. The molecule has 108 valence electrons. The molecule has 0 unspecified atom stereocenters. The Morgan fingerprint density at radius 3 is 2.65 bits per heavy atom. The van der Waals surface area contributed by atoms with Crippen molar-refractivity contribution in [1.82, 2.24) is 14.8 Å². The molecule has 0 amide bonds. The summed E-state index contributed by atoms with van der Waals surface area (Å²) in [5.74, 6) is 0.832. The second-order valence-electron chi connectivity index (χ2n) is 4.62. The molecule has 5 nitrogen and oxygen atoms in total. The molecule has 0 fully saturated rings. The van der Waals surface area contributed by atoms with E-state index in [0.717, 1.165) is 30.9 Å². The highest BCUT2D eigenvalue weighted by Crippen LogP contribution is 2.27. The first kappa shape index (κ1) is 14.9. The zero-order chi connectivity index (χ0) is 14.7. The van der Waals surface area contributed by atoms with Gasteiger partial charge in [0.05, 0.1) is 15.7 Å². The van der Waals surface area contributed by atoms with Crippen LogP contribution in [0.2, 0.25) is 10.0 Å². The number of halogens is 2. The first-order valence-electron chi connectivity index (χ1n) is 6.34. The Hall–Kier alpha value is -1.46. The van der Waals surface area contributed by atoms with E-state index in [4.69, 9.17) is 28.9 Å². The van der Waals surface area contributed by atoms with E-state index < -0.39 is 0 Å². The van der Waals surface area contributed by atoms with Crippen molar-refractivity contribution in [3.63, 3.8) is 0 Å². The molecule has 0 aliphatic carbocycles. The van der Waals surface area contributed by atoms with Gasteiger partial charge in [-0.3, -0.25) is 4.68 Å². The average molecular weight is 314 g/mol. The average Bonchev–Trinajstić information content (AvgIpc) is 2.69. The molecule has 0 aliphatic rings. The lowest BCUT2D eigenvalue weighted by Gasteiger charge is -2.09. The lowest BCUT2D eigenvalue weighted by Crippen LogP contribution is -2.10. The van der Waals surface area contributed by atoms with Gasteiger partial charge in [0.1, 0.15) is 11.6 Å². The third-order valence-electron chi connectivity index (χ3n) is 2.90. The van der Waals surface area contributed by atoms with Crippen LogP contribution in [0.25, 0.3) is 0 Å². The first-order valence-corrected chi connectivity index (χ1v) is 7.09. The lowest BCUT2D eigenvalue weighted by atomic mass is 10.3. The molecule has 0 atom stereocenters. The molecule has 0 saturated carbocycles. The van der Waals surface area contributed by atoms with Gasteiger partial charge in [-0.05, 0) is 32.4 Å². The van der Waals surface area contributed by atoms with Crippen LogP contribution in [0.4, 0.5) is 11.6 Å². The number of aryl methyl sites for hydroxylation is 3. The highest BCUT2D eigenvalue weighted by atomic mass is 35.5. The number of nitrogens with one attached hydrogen (secondary N) is 1. The van der Waals surface area contributed by atoms with Crippen LogP contribution in [-0.4, -0.2) is 21.3 Å². The summed E-state index contributed by atoms with van der Waals surface area (Å²) in [5.41, 5.74) is 7.85. The Morgan fingerprint density at radius 1 is 1.25 bits per heavy atom. The molecule has 3 N–H and O–H groups in total. The van der Waals surface area contributed by atoms with Gasteiger partial charge in [-0.15, -0.1) is 0 Å². The maximum atomic E-state index is 6.04. The summed E-state index contributed by atoms with van der Waals surface area (Å²) in [5, 5.41) is 8.39. The third kappa shape index (κ3) is 3.55. The van der Waals surface area contributed by atoms with E-state index in [1.165, 1.54) is 0 Å². The number of hydrogen-bond donors (Lipinski definition) is 2. The molecule has 0 aliphatic heterocycles. The minimum Gasteiger partial charge on any atom is -0.382 e. The number of rotatable bonds is 5. The van der Waals surface area contributed by atoms with Crippen molar-refractivity contribution >= 4 is 34.8 Å². The summed E-state index contributed by atoms with van der Waals surface area (Å²) >= 11 is 11.9. The van der Waals surface area contributed by atoms with Crippen LogP contribution in [0, 0.1) is 13.8 Å². The highest BCUT2D eigenvalue weighted by molar-refractivity contribution is 6.37. The van der Waals surface area contributed by atoms with Gasteiger partial charge in [-0.25, -0.2) is 4.98 Å². The van der Waals surface area contributed by atoms with E-state index in [1.807, 2.05) is 18.5 Å². The van der Waals surface area contributed by atoms with E-state index in [-0.39, 0.29) is 5.82 Å². The number of anilines is 2. The van der Waals surface area contributed by atoms with Crippen LogP contribution >= 0.6 is 23.2 Å². The predicted octanol–water partition coefficient (Wildman–Crippen LogP) is 3.29. The highest BCUT2D eigenvalue weighted by Gasteiger charge is 2.06. The maximum Gasteiger partial charge on any atom is 0.147 e. The van der Waals surface area contributed by atoms with Crippen LogP contribution in [0.3, 0.4) is 0 Å². The smallest absolute Gasteiger partial charge is 0.147 e. The number of nitrogens with zero attached hydrogens (tertiary/aromatic N) is 3. The SMILES string of the molecule is Cc1cc(C)n(CCCNc2nc(N)c(Cl)cc2Cl)n1. The normalized spacial score (nSPS) is 10.8. The lowest BCUT2D eigenvalue weighted by molar-refractivity contribution is 0.573. The van der Waals surface area contributed by atoms with Gasteiger partial charge in [0.15, 0.2) is 0 Å². The quantitative estimate of drug-likeness (QED) is 0.831. The number of nitrogens with two attached hydrogens (primary N) is 1. The Bertz CT molecular complexity index is 609. The molecule has 7 heteroatoms. The summed E-state index contributed by atoms with van der Waals surface area (Å²) < 4.78 is 1.99. The van der Waals surface area contributed by atoms with E-state index in [1.54, 1.807) is 6.07 Å². The monoisotopic (exact) mass is 313 g/mol. The first-order chi connectivity index (χ1) is 9.47. The van der Waals surface area contributed by atoms with Gasteiger partial charge in [0.25, 0.3) is 0 Å². The summed E-state index contributed by atoms with van der Waals surface area (Å²) in [6, 6.07) is 3.65. The standard InChI is InChI=1S/C13H17Cl2N5/c1-8-6-9(2)20(19-8)5-3-4-17-13-11(15)7-10(14)12(16)18-13/h6-7H,3-5H2,1-2H3,(H3,16,17,18). The fourth-order valence-corrected chi connectivity index (χ4v) is 2.37. The molecular formula is C13H17Cl2N5. The number of pyridine rings is 1. The zero-order valence-corrected chi connectivity index (χ0v) is 13.0. The fraction of sp³-hybridized carbons (Fsp3) is 0.385. The molecular weight excluding hydrogens is 297 g/mol. The molecule has 2 heterocycles. The van der Waals surface area contributed by atoms with Crippen molar-refractivity contribution in [2.45, 2.75) is 26.8 Å². The summed E-state index contributed by atoms with van der Waals surface area (Å²) in [4.78, 5) is 4.12. The Labute approximate surface area is 128 Å². The van der Waals surface area contributed by atoms with Crippen LogP contribution in [-0.2, 0) is 6.54 Å². The maximum absolute atomic E-state index is 6.04. The van der Waals surface area contributed by atoms with E-state index in [9.17, 15) is 0 Å². The molecule has 2 rings (SSSR count). The van der Waals surface area contributed by atoms with Gasteiger partial charge in [-0.1, -0.05) is 23.2 Å². The molecule has 0 spiro atoms. The second-order valence-corrected chi connectivity index (χ2v) is 5.43. The van der Waals surface area contributed by atoms with Crippen LogP contribution in [0.15, 0.2) is 12.1 Å². The number of aromatic nitrogens is 3. The van der Waals surface area contributed by atoms with Crippen molar-refractivity contribution in [3.8, 4) is 0 Å². The van der Waals surface area contributed by atoms with Gasteiger partial charge < -0.3 is 11.1 Å². The van der Waals surface area contributed by atoms with Crippen molar-refractivity contribution in [3.05, 3.63) is 33.6 Å². The Morgan fingerprint density at radius 2 is 2.00 bits per heavy atom. The molecule has 20 heavy (non-hydrogen) atoms. The van der Waals surface area contributed by atoms with Crippen LogP contribution in [0.5, 0.6) is 0 Å². The minimum atomic E-state index is 0.275. The molecule has 2 aromatic rings. The van der Waals surface area contributed by atoms with Gasteiger partial charge in [0.2, 0.25) is 0 Å². The van der Waals surface area contributed by atoms with Crippen LogP contribution in [0.1, 0.15) is 17.8 Å². The predicted molar refractivity (Wildman–Crippen MR) is 83.5 cm³/mol. The van der Waals surface area contributed by atoms with Gasteiger partial charge >= 0.3 is 0 Å². The van der Waals surface area contributed by atoms with Crippen molar-refractivity contribution < 1.29 is 0 Å². The largest absolute Gasteiger partial charge is 0.382 e. The molecule has 0 saturated heterocycles. The molecule has 0 aromatic carbocycles. The topological polar surface area (TPSA) is 68.8 Å². The van der Waals surface area contributed by atoms with E-state index >= 15 is 0 Å². The van der Waals surface area contributed by atoms with Crippen molar-refractivity contribution in [2.24, 2.45) is 0 Å². The molecule has 0 radical (unpaired) electrons. The summed E-state index contributed by atoms with van der Waals surface area (Å²) in [6.07, 6.45) is 0.905. The number of hydrogen-bond acceptors (Lipinski definition) is 4. The van der Waals surface area contributed by atoms with E-state index in [0.29, 0.717) is 15.9 Å². The van der Waals surface area contributed by atoms with Gasteiger partial charge in [0, 0.05) is 18.8 Å². The Balaban J connectivity index is 1.87. The third-order valence-corrected chi connectivity index (χ3v) is 3.49. The molecule has 0 bridgehead atoms. The van der Waals surface area contributed by atoms with Gasteiger partial charge in [-0.2, -0.15) is 5.10 Å². The summed E-state index contributed by atoms with van der Waals surface area (Å²) in [6.45, 7) is 5.60. The minimum absolute atomic E-state index is 0.275. The van der Waals surface area contributed by atoms with E-state index in [2.05, 4.69) is 21.5 Å².